The molecule has 2 rings (SSSR count). The molecule has 0 N–H and O–H groups in total. The molecule has 0 aliphatic heterocycles. The van der Waals surface area contributed by atoms with Crippen LogP contribution in [0.5, 0.6) is 0 Å². The molecule has 0 unspecified atom stereocenters. The van der Waals surface area contributed by atoms with E-state index in [1.165, 1.54) is 6.07 Å². The van der Waals surface area contributed by atoms with Crippen molar-refractivity contribution in [2.45, 2.75) is 13.8 Å². The fraction of sp³-hybridized carbons (Fsp3) is 0.235. The maximum atomic E-state index is 12.1. The molecular weight excluding hydrogens is 282 g/mol. The molecule has 114 valence electrons. The highest BCUT2D eigenvalue weighted by atomic mass is 16.5. The van der Waals surface area contributed by atoms with Crippen molar-refractivity contribution in [1.29, 1.82) is 0 Å². The molecule has 0 aliphatic rings. The van der Waals surface area contributed by atoms with Crippen LogP contribution in [-0.2, 0) is 9.47 Å². The van der Waals surface area contributed by atoms with Gasteiger partial charge >= 0.3 is 11.9 Å². The largest absolute Gasteiger partial charge is 0.462 e. The standard InChI is InChI=1S/C17H17NO4/c1-3-21-16(19)13-10-11-14(17(20)22-4-2)18-15(13)12-8-6-5-7-9-12/h5-11H,3-4H2,1-2H3. The van der Waals surface area contributed by atoms with Gasteiger partial charge in [0.1, 0.15) is 5.69 Å². The zero-order valence-electron chi connectivity index (χ0n) is 12.5. The van der Waals surface area contributed by atoms with Crippen LogP contribution in [-0.4, -0.2) is 30.1 Å². The highest BCUT2D eigenvalue weighted by molar-refractivity contribution is 5.98. The molecule has 1 aromatic heterocycles. The third-order valence-electron chi connectivity index (χ3n) is 2.92. The molecule has 1 aromatic carbocycles. The molecule has 5 heteroatoms. The van der Waals surface area contributed by atoms with Crippen LogP contribution in [0.25, 0.3) is 11.3 Å². The van der Waals surface area contributed by atoms with E-state index in [-0.39, 0.29) is 18.9 Å². The van der Waals surface area contributed by atoms with E-state index in [0.717, 1.165) is 5.56 Å². The molecule has 0 bridgehead atoms. The second-order valence-corrected chi connectivity index (χ2v) is 4.40. The van der Waals surface area contributed by atoms with Crippen molar-refractivity contribution in [2.24, 2.45) is 0 Å². The lowest BCUT2D eigenvalue weighted by Crippen LogP contribution is -2.12. The van der Waals surface area contributed by atoms with E-state index in [1.54, 1.807) is 19.9 Å². The average molecular weight is 299 g/mol. The first-order chi connectivity index (χ1) is 10.7. The summed E-state index contributed by atoms with van der Waals surface area (Å²) in [6, 6.07) is 12.2. The van der Waals surface area contributed by atoms with E-state index in [9.17, 15) is 9.59 Å². The maximum Gasteiger partial charge on any atom is 0.356 e. The van der Waals surface area contributed by atoms with Crippen molar-refractivity contribution < 1.29 is 19.1 Å². The lowest BCUT2D eigenvalue weighted by molar-refractivity contribution is 0.0506. The van der Waals surface area contributed by atoms with Crippen molar-refractivity contribution in [3.63, 3.8) is 0 Å². The number of rotatable bonds is 5. The van der Waals surface area contributed by atoms with Crippen LogP contribution >= 0.6 is 0 Å². The summed E-state index contributed by atoms with van der Waals surface area (Å²) in [5.74, 6) is -0.987. The highest BCUT2D eigenvalue weighted by Gasteiger charge is 2.18. The molecule has 0 amide bonds. The smallest absolute Gasteiger partial charge is 0.356 e. The van der Waals surface area contributed by atoms with Crippen molar-refractivity contribution in [1.82, 2.24) is 4.98 Å². The number of hydrogen-bond donors (Lipinski definition) is 0. The Hall–Kier alpha value is -2.69. The zero-order chi connectivity index (χ0) is 15.9. The maximum absolute atomic E-state index is 12.1. The van der Waals surface area contributed by atoms with Crippen LogP contribution in [0, 0.1) is 0 Å². The van der Waals surface area contributed by atoms with Gasteiger partial charge in [0.15, 0.2) is 0 Å². The Balaban J connectivity index is 2.51. The Kier molecular flexibility index (Phi) is 5.25. The van der Waals surface area contributed by atoms with Crippen molar-refractivity contribution in [3.8, 4) is 11.3 Å². The van der Waals surface area contributed by atoms with E-state index < -0.39 is 11.9 Å². The Bertz CT molecular complexity index is 668. The van der Waals surface area contributed by atoms with Gasteiger partial charge in [-0.3, -0.25) is 0 Å². The number of esters is 2. The molecule has 2 aromatic rings. The molecular formula is C17H17NO4. The number of aromatic nitrogens is 1. The summed E-state index contributed by atoms with van der Waals surface area (Å²) in [5, 5.41) is 0. The van der Waals surface area contributed by atoms with Crippen LogP contribution in [0.1, 0.15) is 34.7 Å². The Morgan fingerprint density at radius 3 is 2.18 bits per heavy atom. The molecule has 0 aliphatic carbocycles. The van der Waals surface area contributed by atoms with E-state index in [1.807, 2.05) is 30.3 Å². The molecule has 1 heterocycles. The predicted molar refractivity (Wildman–Crippen MR) is 81.6 cm³/mol. The number of carbonyl (C=O) groups is 2. The number of hydrogen-bond acceptors (Lipinski definition) is 5. The minimum absolute atomic E-state index is 0.161. The first-order valence-corrected chi connectivity index (χ1v) is 7.08. The summed E-state index contributed by atoms with van der Waals surface area (Å²) in [4.78, 5) is 28.2. The second kappa shape index (κ2) is 7.36. The third kappa shape index (κ3) is 3.49. The molecule has 5 nitrogen and oxygen atoms in total. The number of nitrogens with zero attached hydrogens (tertiary/aromatic N) is 1. The monoisotopic (exact) mass is 299 g/mol. The molecule has 0 saturated heterocycles. The first kappa shape index (κ1) is 15.7. The summed E-state index contributed by atoms with van der Waals surface area (Å²) in [5.41, 5.74) is 1.62. The summed E-state index contributed by atoms with van der Waals surface area (Å²) < 4.78 is 9.99. The van der Waals surface area contributed by atoms with E-state index in [4.69, 9.17) is 9.47 Å². The summed E-state index contributed by atoms with van der Waals surface area (Å²) in [7, 11) is 0. The molecule has 0 atom stereocenters. The van der Waals surface area contributed by atoms with Gasteiger partial charge < -0.3 is 9.47 Å². The van der Waals surface area contributed by atoms with Crippen LogP contribution in [0.4, 0.5) is 0 Å². The van der Waals surface area contributed by atoms with Crippen molar-refractivity contribution in [2.75, 3.05) is 13.2 Å². The Labute approximate surface area is 128 Å². The Morgan fingerprint density at radius 1 is 0.909 bits per heavy atom. The Morgan fingerprint density at radius 2 is 1.55 bits per heavy atom. The average Bonchev–Trinajstić information content (AvgIpc) is 2.55. The van der Waals surface area contributed by atoms with E-state index in [0.29, 0.717) is 11.3 Å². The molecule has 0 radical (unpaired) electrons. The fourth-order valence-corrected chi connectivity index (χ4v) is 1.97. The predicted octanol–water partition coefficient (Wildman–Crippen LogP) is 3.10. The van der Waals surface area contributed by atoms with Crippen LogP contribution in [0.15, 0.2) is 42.5 Å². The van der Waals surface area contributed by atoms with Crippen LogP contribution in [0.2, 0.25) is 0 Å². The lowest BCUT2D eigenvalue weighted by atomic mass is 10.1. The lowest BCUT2D eigenvalue weighted by Gasteiger charge is -2.10. The fourth-order valence-electron chi connectivity index (χ4n) is 1.97. The van der Waals surface area contributed by atoms with E-state index in [2.05, 4.69) is 4.98 Å². The van der Waals surface area contributed by atoms with Crippen molar-refractivity contribution in [3.05, 3.63) is 53.7 Å². The number of pyridine rings is 1. The summed E-state index contributed by atoms with van der Waals surface area (Å²) in [6.45, 7) is 4.00. The summed E-state index contributed by atoms with van der Waals surface area (Å²) in [6.07, 6.45) is 0. The van der Waals surface area contributed by atoms with Gasteiger partial charge in [-0.1, -0.05) is 30.3 Å². The van der Waals surface area contributed by atoms with Crippen LogP contribution in [0.3, 0.4) is 0 Å². The van der Waals surface area contributed by atoms with Gasteiger partial charge in [0.2, 0.25) is 0 Å². The van der Waals surface area contributed by atoms with Crippen LogP contribution < -0.4 is 0 Å². The minimum Gasteiger partial charge on any atom is -0.462 e. The summed E-state index contributed by atoms with van der Waals surface area (Å²) >= 11 is 0. The van der Waals surface area contributed by atoms with Gasteiger partial charge in [-0.15, -0.1) is 0 Å². The molecule has 22 heavy (non-hydrogen) atoms. The highest BCUT2D eigenvalue weighted by Crippen LogP contribution is 2.23. The number of ether oxygens (including phenoxy) is 2. The third-order valence-corrected chi connectivity index (χ3v) is 2.92. The van der Waals surface area contributed by atoms with Crippen molar-refractivity contribution >= 4 is 11.9 Å². The van der Waals surface area contributed by atoms with Gasteiger partial charge in [-0.2, -0.15) is 0 Å². The van der Waals surface area contributed by atoms with Gasteiger partial charge in [0.25, 0.3) is 0 Å². The molecule has 0 spiro atoms. The quantitative estimate of drug-likeness (QED) is 0.794. The molecule has 0 saturated carbocycles. The van der Waals surface area contributed by atoms with E-state index >= 15 is 0 Å². The second-order valence-electron chi connectivity index (χ2n) is 4.40. The topological polar surface area (TPSA) is 65.5 Å². The minimum atomic E-state index is -0.518. The first-order valence-electron chi connectivity index (χ1n) is 7.08. The SMILES string of the molecule is CCOC(=O)c1ccc(C(=O)OCC)c(-c2ccccc2)n1. The van der Waals surface area contributed by atoms with Gasteiger partial charge in [0, 0.05) is 5.56 Å². The normalized spacial score (nSPS) is 10.1. The van der Waals surface area contributed by atoms with Gasteiger partial charge in [-0.25, -0.2) is 14.6 Å². The van der Waals surface area contributed by atoms with Gasteiger partial charge in [-0.05, 0) is 26.0 Å². The zero-order valence-corrected chi connectivity index (χ0v) is 12.5. The molecule has 0 fully saturated rings. The van der Waals surface area contributed by atoms with Gasteiger partial charge in [0.05, 0.1) is 24.5 Å². The number of carbonyl (C=O) groups excluding carboxylic acids is 2. The number of benzene rings is 1.